The summed E-state index contributed by atoms with van der Waals surface area (Å²) < 4.78 is 28.1. The lowest BCUT2D eigenvalue weighted by atomic mass is 10.1. The van der Waals surface area contributed by atoms with Crippen molar-refractivity contribution in [1.82, 2.24) is 19.8 Å². The van der Waals surface area contributed by atoms with E-state index in [9.17, 15) is 13.6 Å². The summed E-state index contributed by atoms with van der Waals surface area (Å²) >= 11 is 5.91. The highest BCUT2D eigenvalue weighted by atomic mass is 35.5. The molecule has 0 spiro atoms. The second-order valence-electron chi connectivity index (χ2n) is 6.62. The summed E-state index contributed by atoms with van der Waals surface area (Å²) in [5.74, 6) is 0.108. The Bertz CT molecular complexity index is 974. The molecule has 3 rings (SSSR count). The minimum atomic E-state index is -2.76. The standard InChI is InChI=1S/C20H21ClF2N4O/c1-12(18-25-16-6-4-5-7-17(16)27(18)19(22)23)24-20(28)26(3)13(2)14-8-10-15(21)11-9-14/h4-13,19H,1-3H3,(H,24,28)/t12-,13+/m0/s1. The van der Waals surface area contributed by atoms with Gasteiger partial charge in [-0.05, 0) is 43.7 Å². The fourth-order valence-electron chi connectivity index (χ4n) is 3.07. The molecule has 2 atom stereocenters. The van der Waals surface area contributed by atoms with E-state index in [-0.39, 0.29) is 17.9 Å². The Kier molecular flexibility index (Phi) is 5.84. The average Bonchev–Trinajstić information content (AvgIpc) is 3.07. The molecule has 1 heterocycles. The van der Waals surface area contributed by atoms with Crippen LogP contribution in [0, 0.1) is 0 Å². The van der Waals surface area contributed by atoms with Crippen LogP contribution in [0.15, 0.2) is 48.5 Å². The largest absolute Gasteiger partial charge is 0.328 e. The molecular weight excluding hydrogens is 386 g/mol. The van der Waals surface area contributed by atoms with Crippen LogP contribution in [-0.4, -0.2) is 27.5 Å². The van der Waals surface area contributed by atoms with E-state index in [1.165, 1.54) is 4.90 Å². The molecule has 0 aliphatic carbocycles. The van der Waals surface area contributed by atoms with Gasteiger partial charge in [-0.1, -0.05) is 35.9 Å². The van der Waals surface area contributed by atoms with E-state index in [4.69, 9.17) is 11.6 Å². The first-order chi connectivity index (χ1) is 13.3. The van der Waals surface area contributed by atoms with Crippen LogP contribution in [0.4, 0.5) is 13.6 Å². The van der Waals surface area contributed by atoms with Gasteiger partial charge in [-0.15, -0.1) is 0 Å². The van der Waals surface area contributed by atoms with Gasteiger partial charge in [0.25, 0.3) is 0 Å². The molecule has 3 aromatic rings. The van der Waals surface area contributed by atoms with Crippen LogP contribution in [0.5, 0.6) is 0 Å². The Morgan fingerprint density at radius 3 is 2.43 bits per heavy atom. The Morgan fingerprint density at radius 2 is 1.79 bits per heavy atom. The van der Waals surface area contributed by atoms with Crippen molar-refractivity contribution in [1.29, 1.82) is 0 Å². The van der Waals surface area contributed by atoms with Crippen LogP contribution in [0.1, 0.15) is 43.9 Å². The number of hydrogen-bond donors (Lipinski definition) is 1. The number of rotatable bonds is 5. The molecule has 2 amide bonds. The van der Waals surface area contributed by atoms with Gasteiger partial charge in [-0.2, -0.15) is 8.78 Å². The van der Waals surface area contributed by atoms with E-state index >= 15 is 0 Å². The van der Waals surface area contributed by atoms with Crippen LogP contribution in [0.2, 0.25) is 5.02 Å². The molecule has 0 aliphatic heterocycles. The van der Waals surface area contributed by atoms with Crippen molar-refractivity contribution in [3.63, 3.8) is 0 Å². The molecule has 1 aromatic heterocycles. The first kappa shape index (κ1) is 20.1. The minimum Gasteiger partial charge on any atom is -0.328 e. The van der Waals surface area contributed by atoms with Gasteiger partial charge >= 0.3 is 12.6 Å². The monoisotopic (exact) mass is 406 g/mol. The summed E-state index contributed by atoms with van der Waals surface area (Å²) in [6.45, 7) is 0.758. The smallest absolute Gasteiger partial charge is 0.320 e. The zero-order valence-corrected chi connectivity index (χ0v) is 16.5. The summed E-state index contributed by atoms with van der Waals surface area (Å²) in [6.07, 6.45) is 0. The maximum Gasteiger partial charge on any atom is 0.320 e. The second-order valence-corrected chi connectivity index (χ2v) is 7.05. The highest BCUT2D eigenvalue weighted by Crippen LogP contribution is 2.27. The molecule has 0 aliphatic rings. The zero-order valence-electron chi connectivity index (χ0n) is 15.7. The quantitative estimate of drug-likeness (QED) is 0.604. The van der Waals surface area contributed by atoms with Crippen molar-refractivity contribution in [2.75, 3.05) is 7.05 Å². The van der Waals surface area contributed by atoms with Crippen LogP contribution >= 0.6 is 11.6 Å². The van der Waals surface area contributed by atoms with Gasteiger partial charge in [0, 0.05) is 12.1 Å². The SMILES string of the molecule is C[C@H](NC(=O)N(C)[C@H](C)c1ccc(Cl)cc1)c1nc2ccccc2n1C(F)F. The number of urea groups is 1. The van der Waals surface area contributed by atoms with Gasteiger partial charge < -0.3 is 10.2 Å². The van der Waals surface area contributed by atoms with Gasteiger partial charge in [0.2, 0.25) is 0 Å². The molecule has 148 valence electrons. The van der Waals surface area contributed by atoms with Crippen LogP contribution in [0.25, 0.3) is 11.0 Å². The number of benzene rings is 2. The lowest BCUT2D eigenvalue weighted by molar-refractivity contribution is 0.0697. The molecule has 0 unspecified atom stereocenters. The Labute approximate surface area is 166 Å². The van der Waals surface area contributed by atoms with Gasteiger partial charge in [0.05, 0.1) is 23.1 Å². The molecule has 1 N–H and O–H groups in total. The van der Waals surface area contributed by atoms with E-state index in [1.54, 1.807) is 50.4 Å². The van der Waals surface area contributed by atoms with Crippen molar-refractivity contribution in [2.45, 2.75) is 32.5 Å². The van der Waals surface area contributed by atoms with Crippen LogP contribution < -0.4 is 5.32 Å². The molecular formula is C20H21ClF2N4O. The summed E-state index contributed by atoms with van der Waals surface area (Å²) in [5, 5.41) is 3.37. The van der Waals surface area contributed by atoms with Gasteiger partial charge in [0.15, 0.2) is 0 Å². The van der Waals surface area contributed by atoms with Crippen molar-refractivity contribution in [2.24, 2.45) is 0 Å². The minimum absolute atomic E-state index is 0.108. The lowest BCUT2D eigenvalue weighted by Gasteiger charge is -2.27. The van der Waals surface area contributed by atoms with E-state index in [2.05, 4.69) is 10.3 Å². The number of carbonyl (C=O) groups excluding carboxylic acids is 1. The summed E-state index contributed by atoms with van der Waals surface area (Å²) in [7, 11) is 1.65. The molecule has 0 saturated heterocycles. The predicted octanol–water partition coefficient (Wildman–Crippen LogP) is 5.55. The number of nitrogens with one attached hydrogen (secondary N) is 1. The maximum absolute atomic E-state index is 13.6. The molecule has 0 fully saturated rings. The second kappa shape index (κ2) is 8.14. The zero-order chi connectivity index (χ0) is 20.4. The summed E-state index contributed by atoms with van der Waals surface area (Å²) in [5.41, 5.74) is 1.70. The van der Waals surface area contributed by atoms with Crippen molar-refractivity contribution < 1.29 is 13.6 Å². The highest BCUT2D eigenvalue weighted by Gasteiger charge is 2.25. The molecule has 0 radical (unpaired) electrons. The number of amides is 2. The maximum atomic E-state index is 13.6. The fraction of sp³-hybridized carbons (Fsp3) is 0.300. The van der Waals surface area contributed by atoms with Crippen molar-refractivity contribution in [3.05, 3.63) is 64.9 Å². The number of fused-ring (bicyclic) bond motifs is 1. The molecule has 5 nitrogen and oxygen atoms in total. The fourth-order valence-corrected chi connectivity index (χ4v) is 3.19. The molecule has 28 heavy (non-hydrogen) atoms. The topological polar surface area (TPSA) is 50.2 Å². The number of halogens is 3. The number of aromatic nitrogens is 2. The third-order valence-corrected chi connectivity index (χ3v) is 5.05. The lowest BCUT2D eigenvalue weighted by Crippen LogP contribution is -2.40. The summed E-state index contributed by atoms with van der Waals surface area (Å²) in [4.78, 5) is 18.5. The molecule has 0 saturated carbocycles. The van der Waals surface area contributed by atoms with Gasteiger partial charge in [-0.25, -0.2) is 9.78 Å². The first-order valence-electron chi connectivity index (χ1n) is 8.83. The number of alkyl halides is 2. The molecule has 8 heteroatoms. The number of carbonyl (C=O) groups is 1. The van der Waals surface area contributed by atoms with E-state index in [0.29, 0.717) is 16.1 Å². The van der Waals surface area contributed by atoms with Gasteiger partial charge in [0.1, 0.15) is 5.82 Å². The highest BCUT2D eigenvalue weighted by molar-refractivity contribution is 6.30. The predicted molar refractivity (Wildman–Crippen MR) is 106 cm³/mol. The number of nitrogens with zero attached hydrogens (tertiary/aromatic N) is 3. The third kappa shape index (κ3) is 3.94. The third-order valence-electron chi connectivity index (χ3n) is 4.80. The Hall–Kier alpha value is -2.67. The first-order valence-corrected chi connectivity index (χ1v) is 9.21. The molecule has 2 aromatic carbocycles. The number of imidazole rings is 1. The van der Waals surface area contributed by atoms with Crippen LogP contribution in [-0.2, 0) is 0 Å². The number of para-hydroxylation sites is 2. The van der Waals surface area contributed by atoms with Crippen molar-refractivity contribution in [3.8, 4) is 0 Å². The summed E-state index contributed by atoms with van der Waals surface area (Å²) in [6, 6.07) is 12.6. The molecule has 0 bridgehead atoms. The van der Waals surface area contributed by atoms with E-state index in [1.807, 2.05) is 19.1 Å². The average molecular weight is 407 g/mol. The normalized spacial score (nSPS) is 13.5. The van der Waals surface area contributed by atoms with Crippen molar-refractivity contribution >= 4 is 28.7 Å². The number of hydrogen-bond acceptors (Lipinski definition) is 2. The van der Waals surface area contributed by atoms with Gasteiger partial charge in [-0.3, -0.25) is 4.57 Å². The van der Waals surface area contributed by atoms with Crippen LogP contribution in [0.3, 0.4) is 0 Å². The van der Waals surface area contributed by atoms with E-state index < -0.39 is 12.6 Å². The Morgan fingerprint density at radius 1 is 1.14 bits per heavy atom. The Balaban J connectivity index is 1.79. The van der Waals surface area contributed by atoms with E-state index in [0.717, 1.165) is 10.1 Å².